The second-order valence-corrected chi connectivity index (χ2v) is 8.40. The minimum atomic E-state index is -0.0210. The molecule has 4 aromatic rings. The van der Waals surface area contributed by atoms with Crippen molar-refractivity contribution >= 4 is 38.2 Å². The van der Waals surface area contributed by atoms with Crippen LogP contribution in [0.15, 0.2) is 66.7 Å². The molecule has 3 aromatic carbocycles. The van der Waals surface area contributed by atoms with Gasteiger partial charge in [0.1, 0.15) is 11.6 Å². The number of quaternary nitrogens is 1. The lowest BCUT2D eigenvalue weighted by Crippen LogP contribution is -3.08. The summed E-state index contributed by atoms with van der Waals surface area (Å²) in [6.07, 6.45) is 0. The smallest absolute Gasteiger partial charge is 0.275 e. The number of benzene rings is 3. The van der Waals surface area contributed by atoms with E-state index >= 15 is 0 Å². The van der Waals surface area contributed by atoms with Gasteiger partial charge in [0.05, 0.1) is 23.3 Å². The predicted molar refractivity (Wildman–Crippen MR) is 116 cm³/mol. The van der Waals surface area contributed by atoms with Gasteiger partial charge in [0.2, 0.25) is 0 Å². The molecule has 142 valence electrons. The van der Waals surface area contributed by atoms with Gasteiger partial charge in [-0.3, -0.25) is 4.79 Å². The average Bonchev–Trinajstić information content (AvgIpc) is 3.09. The largest absolute Gasteiger partial charge is 0.345 e. The number of para-hydroxylation sites is 1. The van der Waals surface area contributed by atoms with Crippen LogP contribution in [0.5, 0.6) is 0 Å². The highest BCUT2D eigenvalue weighted by Gasteiger charge is 2.16. The third-order valence-electron chi connectivity index (χ3n) is 4.90. The number of amides is 1. The summed E-state index contributed by atoms with van der Waals surface area (Å²) in [5.41, 5.74) is 2.15. The number of carbonyl (C=O) groups is 1. The van der Waals surface area contributed by atoms with Crippen molar-refractivity contribution in [3.05, 3.63) is 77.3 Å². The first-order chi connectivity index (χ1) is 13.6. The highest BCUT2D eigenvalue weighted by Crippen LogP contribution is 2.21. The highest BCUT2D eigenvalue weighted by atomic mass is 32.1. The van der Waals surface area contributed by atoms with Gasteiger partial charge in [-0.05, 0) is 41.5 Å². The van der Waals surface area contributed by atoms with E-state index in [0.717, 1.165) is 27.5 Å². The monoisotopic (exact) mass is 390 g/mol. The second-order valence-electron chi connectivity index (χ2n) is 7.28. The van der Waals surface area contributed by atoms with Gasteiger partial charge >= 0.3 is 0 Å². The van der Waals surface area contributed by atoms with Crippen molar-refractivity contribution in [1.82, 2.24) is 10.3 Å². The van der Waals surface area contributed by atoms with E-state index in [1.54, 1.807) is 11.3 Å². The Balaban J connectivity index is 1.35. The van der Waals surface area contributed by atoms with E-state index in [2.05, 4.69) is 46.7 Å². The van der Waals surface area contributed by atoms with E-state index in [9.17, 15) is 4.79 Å². The molecule has 0 aliphatic rings. The molecule has 0 bridgehead atoms. The summed E-state index contributed by atoms with van der Waals surface area (Å²) in [7, 11) is 2.03. The molecule has 1 aromatic heterocycles. The van der Waals surface area contributed by atoms with Crippen molar-refractivity contribution in [2.45, 2.75) is 19.5 Å². The molecule has 4 rings (SSSR count). The number of rotatable bonds is 6. The van der Waals surface area contributed by atoms with Crippen molar-refractivity contribution in [2.24, 2.45) is 0 Å². The molecule has 0 saturated heterocycles. The Morgan fingerprint density at radius 3 is 2.64 bits per heavy atom. The van der Waals surface area contributed by atoms with E-state index in [-0.39, 0.29) is 11.9 Å². The van der Waals surface area contributed by atoms with Gasteiger partial charge in [-0.1, -0.05) is 48.5 Å². The molecule has 1 amide bonds. The lowest BCUT2D eigenvalue weighted by Gasteiger charge is -2.17. The van der Waals surface area contributed by atoms with Crippen LogP contribution in [0.25, 0.3) is 21.0 Å². The van der Waals surface area contributed by atoms with Crippen molar-refractivity contribution < 1.29 is 9.69 Å². The summed E-state index contributed by atoms with van der Waals surface area (Å²) >= 11 is 1.70. The summed E-state index contributed by atoms with van der Waals surface area (Å²) in [6, 6.07) is 22.8. The summed E-state index contributed by atoms with van der Waals surface area (Å²) in [4.78, 5) is 18.3. The third-order valence-corrected chi connectivity index (χ3v) is 5.94. The normalized spacial score (nSPS) is 13.5. The molecule has 0 aliphatic carbocycles. The standard InChI is InChI=1S/C23H23N3OS/c1-16(18-12-11-17-7-3-4-8-19(17)13-18)24-22(27)14-26(2)15-23-25-20-9-5-6-10-21(20)28-23/h3-13,16H,14-15H2,1-2H3,(H,24,27)/p+1/t16-/m1/s1. The fraction of sp³-hybridized carbons (Fsp3) is 0.217. The quantitative estimate of drug-likeness (QED) is 0.530. The summed E-state index contributed by atoms with van der Waals surface area (Å²) in [5.74, 6) is 0.0549. The molecule has 2 atom stereocenters. The first-order valence-electron chi connectivity index (χ1n) is 9.52. The molecule has 0 saturated carbocycles. The first kappa shape index (κ1) is 18.6. The van der Waals surface area contributed by atoms with Crippen LogP contribution < -0.4 is 10.2 Å². The SMILES string of the molecule is C[C@@H](NC(=O)C[NH+](C)Cc1nc2ccccc2s1)c1ccc2ccccc2c1. The van der Waals surface area contributed by atoms with Crippen molar-refractivity contribution in [3.8, 4) is 0 Å². The molecule has 0 radical (unpaired) electrons. The molecule has 0 fully saturated rings. The van der Waals surface area contributed by atoms with Crippen molar-refractivity contribution in [3.63, 3.8) is 0 Å². The number of carbonyl (C=O) groups excluding carboxylic acids is 1. The van der Waals surface area contributed by atoms with Crippen LogP contribution in [0.4, 0.5) is 0 Å². The lowest BCUT2D eigenvalue weighted by atomic mass is 10.0. The Kier molecular flexibility index (Phi) is 5.37. The Morgan fingerprint density at radius 2 is 1.82 bits per heavy atom. The van der Waals surface area contributed by atoms with Gasteiger partial charge in [-0.2, -0.15) is 0 Å². The minimum absolute atomic E-state index is 0.0210. The van der Waals surface area contributed by atoms with Crippen molar-refractivity contribution in [2.75, 3.05) is 13.6 Å². The molecule has 0 aliphatic heterocycles. The fourth-order valence-electron chi connectivity index (χ4n) is 3.44. The Labute approximate surface area is 168 Å². The Bertz CT molecular complexity index is 1090. The third kappa shape index (κ3) is 4.21. The van der Waals surface area contributed by atoms with E-state index in [4.69, 9.17) is 0 Å². The second kappa shape index (κ2) is 8.09. The maximum absolute atomic E-state index is 12.5. The van der Waals surface area contributed by atoms with Gasteiger partial charge < -0.3 is 10.2 Å². The van der Waals surface area contributed by atoms with E-state index in [1.807, 2.05) is 44.3 Å². The van der Waals surface area contributed by atoms with E-state index in [1.165, 1.54) is 15.5 Å². The van der Waals surface area contributed by atoms with Crippen LogP contribution in [0, 0.1) is 0 Å². The first-order valence-corrected chi connectivity index (χ1v) is 10.3. The molecule has 4 nitrogen and oxygen atoms in total. The number of fused-ring (bicyclic) bond motifs is 2. The van der Waals surface area contributed by atoms with Crippen LogP contribution in [-0.4, -0.2) is 24.5 Å². The highest BCUT2D eigenvalue weighted by molar-refractivity contribution is 7.18. The van der Waals surface area contributed by atoms with Crippen LogP contribution in [0.1, 0.15) is 23.5 Å². The van der Waals surface area contributed by atoms with Gasteiger partial charge in [-0.25, -0.2) is 4.98 Å². The zero-order valence-corrected chi connectivity index (χ0v) is 16.9. The van der Waals surface area contributed by atoms with Gasteiger partial charge in [0, 0.05) is 0 Å². The molecule has 1 heterocycles. The number of nitrogens with one attached hydrogen (secondary N) is 2. The maximum Gasteiger partial charge on any atom is 0.275 e. The molecular formula is C23H24N3OS+. The van der Waals surface area contributed by atoms with Gasteiger partial charge in [-0.15, -0.1) is 11.3 Å². The molecule has 2 N–H and O–H groups in total. The van der Waals surface area contributed by atoms with Crippen LogP contribution in [0.3, 0.4) is 0 Å². The number of hydrogen-bond donors (Lipinski definition) is 2. The number of thiazole rings is 1. The van der Waals surface area contributed by atoms with Gasteiger partial charge in [0.15, 0.2) is 6.54 Å². The fourth-order valence-corrected chi connectivity index (χ4v) is 4.52. The maximum atomic E-state index is 12.5. The van der Waals surface area contributed by atoms with Crippen LogP contribution >= 0.6 is 11.3 Å². The number of aromatic nitrogens is 1. The summed E-state index contributed by atoms with van der Waals surface area (Å²) in [5, 5.41) is 6.60. The number of hydrogen-bond acceptors (Lipinski definition) is 3. The molecule has 0 spiro atoms. The zero-order valence-electron chi connectivity index (χ0n) is 16.1. The predicted octanol–water partition coefficient (Wildman–Crippen LogP) is 3.34. The van der Waals surface area contributed by atoms with E-state index in [0.29, 0.717) is 6.54 Å². The minimum Gasteiger partial charge on any atom is -0.345 e. The number of nitrogens with zero attached hydrogens (tertiary/aromatic N) is 1. The Hall–Kier alpha value is -2.76. The summed E-state index contributed by atoms with van der Waals surface area (Å²) < 4.78 is 1.19. The Morgan fingerprint density at radius 1 is 1.07 bits per heavy atom. The molecule has 28 heavy (non-hydrogen) atoms. The van der Waals surface area contributed by atoms with Gasteiger partial charge in [0.25, 0.3) is 5.91 Å². The van der Waals surface area contributed by atoms with Crippen LogP contribution in [-0.2, 0) is 11.3 Å². The lowest BCUT2D eigenvalue weighted by molar-refractivity contribution is -0.885. The van der Waals surface area contributed by atoms with E-state index < -0.39 is 0 Å². The van der Waals surface area contributed by atoms with Crippen molar-refractivity contribution in [1.29, 1.82) is 0 Å². The topological polar surface area (TPSA) is 46.4 Å². The molecular weight excluding hydrogens is 366 g/mol. The molecule has 5 heteroatoms. The zero-order chi connectivity index (χ0) is 19.5. The number of likely N-dealkylation sites (N-methyl/N-ethyl adjacent to an activating group) is 1. The average molecular weight is 391 g/mol. The van der Waals surface area contributed by atoms with Crippen LogP contribution in [0.2, 0.25) is 0 Å². The summed E-state index contributed by atoms with van der Waals surface area (Å²) in [6.45, 7) is 3.20. The molecule has 1 unspecified atom stereocenters.